The van der Waals surface area contributed by atoms with Crippen LogP contribution in [0.4, 0.5) is 0 Å². The Morgan fingerprint density at radius 3 is 2.75 bits per heavy atom. The average molecular weight is 259 g/mol. The van der Waals surface area contributed by atoms with Crippen LogP contribution in [0.15, 0.2) is 30.4 Å². The second-order valence-corrected chi connectivity index (χ2v) is 3.99. The second kappa shape index (κ2) is 6.56. The number of halogens is 2. The molecule has 1 aromatic rings. The largest absolute Gasteiger partial charge is 0.461 e. The Kier molecular flexibility index (Phi) is 5.36. The predicted molar refractivity (Wildman–Crippen MR) is 65.9 cm³/mol. The van der Waals surface area contributed by atoms with Crippen LogP contribution >= 0.6 is 23.2 Å². The van der Waals surface area contributed by atoms with E-state index in [9.17, 15) is 4.79 Å². The number of esters is 1. The quantitative estimate of drug-likeness (QED) is 0.609. The minimum atomic E-state index is -0.281. The molecule has 2 nitrogen and oxygen atoms in total. The molecule has 0 unspecified atom stereocenters. The van der Waals surface area contributed by atoms with E-state index in [4.69, 9.17) is 27.9 Å². The summed E-state index contributed by atoms with van der Waals surface area (Å²) >= 11 is 11.6. The number of hydrogen-bond acceptors (Lipinski definition) is 2. The van der Waals surface area contributed by atoms with E-state index in [1.165, 1.54) is 0 Å². The van der Waals surface area contributed by atoms with Crippen molar-refractivity contribution in [2.24, 2.45) is 0 Å². The van der Waals surface area contributed by atoms with Gasteiger partial charge in [0.2, 0.25) is 0 Å². The van der Waals surface area contributed by atoms with E-state index in [1.54, 1.807) is 24.3 Å². The summed E-state index contributed by atoms with van der Waals surface area (Å²) in [6, 6.07) is 5.09. The van der Waals surface area contributed by atoms with Crippen LogP contribution in [0.3, 0.4) is 0 Å². The number of benzene rings is 1. The highest BCUT2D eigenvalue weighted by molar-refractivity contribution is 6.42. The molecule has 0 heterocycles. The van der Waals surface area contributed by atoms with Crippen molar-refractivity contribution in [1.82, 2.24) is 0 Å². The van der Waals surface area contributed by atoms with Crippen LogP contribution in [0.25, 0.3) is 0 Å². The van der Waals surface area contributed by atoms with E-state index in [-0.39, 0.29) is 12.4 Å². The van der Waals surface area contributed by atoms with Gasteiger partial charge in [0.25, 0.3) is 0 Å². The number of hydrogen-bond donors (Lipinski definition) is 0. The Morgan fingerprint density at radius 1 is 1.38 bits per heavy atom. The van der Waals surface area contributed by atoms with Crippen LogP contribution in [-0.2, 0) is 16.0 Å². The average Bonchev–Trinajstić information content (AvgIpc) is 2.24. The first-order valence-electron chi connectivity index (χ1n) is 4.84. The predicted octanol–water partition coefficient (Wildman–Crippen LogP) is 3.66. The molecule has 0 saturated heterocycles. The van der Waals surface area contributed by atoms with Crippen LogP contribution in [0.1, 0.15) is 12.5 Å². The van der Waals surface area contributed by atoms with Crippen molar-refractivity contribution in [2.45, 2.75) is 13.3 Å². The third-order valence-corrected chi connectivity index (χ3v) is 2.65. The topological polar surface area (TPSA) is 26.3 Å². The van der Waals surface area contributed by atoms with Gasteiger partial charge in [0, 0.05) is 0 Å². The molecule has 1 aromatic carbocycles. The fourth-order valence-corrected chi connectivity index (χ4v) is 1.43. The van der Waals surface area contributed by atoms with Crippen molar-refractivity contribution >= 4 is 29.2 Å². The molecule has 0 saturated carbocycles. The van der Waals surface area contributed by atoms with Gasteiger partial charge in [-0.1, -0.05) is 41.4 Å². The molecule has 0 amide bonds. The standard InChI is InChI=1S/C12H12Cl2O2/c1-2-3-6-16-12(15)8-9-4-5-10(13)11(14)7-9/h2-5,7H,6,8H2,1H3/b3-2+. The first kappa shape index (κ1) is 13.1. The zero-order valence-electron chi connectivity index (χ0n) is 8.87. The fourth-order valence-electron chi connectivity index (χ4n) is 1.10. The second-order valence-electron chi connectivity index (χ2n) is 3.18. The zero-order valence-corrected chi connectivity index (χ0v) is 10.4. The van der Waals surface area contributed by atoms with Crippen molar-refractivity contribution in [1.29, 1.82) is 0 Å². The lowest BCUT2D eigenvalue weighted by atomic mass is 10.1. The van der Waals surface area contributed by atoms with Crippen molar-refractivity contribution in [3.8, 4) is 0 Å². The first-order valence-corrected chi connectivity index (χ1v) is 5.59. The molecule has 16 heavy (non-hydrogen) atoms. The highest BCUT2D eigenvalue weighted by Crippen LogP contribution is 2.22. The van der Waals surface area contributed by atoms with Crippen LogP contribution in [0.2, 0.25) is 10.0 Å². The molecule has 0 aliphatic rings. The minimum absolute atomic E-state index is 0.203. The molecule has 0 atom stereocenters. The maximum Gasteiger partial charge on any atom is 0.310 e. The lowest BCUT2D eigenvalue weighted by molar-refractivity contribution is -0.141. The third kappa shape index (κ3) is 4.25. The summed E-state index contributed by atoms with van der Waals surface area (Å²) in [4.78, 5) is 11.4. The van der Waals surface area contributed by atoms with Gasteiger partial charge in [-0.05, 0) is 24.6 Å². The molecule has 0 bridgehead atoms. The summed E-state index contributed by atoms with van der Waals surface area (Å²) in [6.45, 7) is 2.17. The summed E-state index contributed by atoms with van der Waals surface area (Å²) < 4.78 is 4.95. The van der Waals surface area contributed by atoms with Crippen molar-refractivity contribution in [3.05, 3.63) is 46.0 Å². The Labute approximate surface area is 105 Å². The molecule has 4 heteroatoms. The Balaban J connectivity index is 2.53. The van der Waals surface area contributed by atoms with E-state index in [0.29, 0.717) is 16.7 Å². The van der Waals surface area contributed by atoms with E-state index >= 15 is 0 Å². The molecular formula is C12H12Cl2O2. The summed E-state index contributed by atoms with van der Waals surface area (Å²) in [5, 5.41) is 0.924. The van der Waals surface area contributed by atoms with Crippen LogP contribution in [-0.4, -0.2) is 12.6 Å². The first-order chi connectivity index (χ1) is 7.63. The number of carbonyl (C=O) groups is 1. The maximum absolute atomic E-state index is 11.4. The summed E-state index contributed by atoms with van der Waals surface area (Å²) in [5.74, 6) is -0.281. The molecule has 0 spiro atoms. The summed E-state index contributed by atoms with van der Waals surface area (Å²) in [7, 11) is 0. The minimum Gasteiger partial charge on any atom is -0.461 e. The molecule has 0 aliphatic carbocycles. The molecule has 0 fully saturated rings. The van der Waals surface area contributed by atoms with Crippen molar-refractivity contribution in [3.63, 3.8) is 0 Å². The highest BCUT2D eigenvalue weighted by atomic mass is 35.5. The Hall–Kier alpha value is -0.990. The van der Waals surface area contributed by atoms with Crippen molar-refractivity contribution in [2.75, 3.05) is 6.61 Å². The van der Waals surface area contributed by atoms with E-state index in [2.05, 4.69) is 0 Å². The molecule has 0 aromatic heterocycles. The molecule has 86 valence electrons. The Morgan fingerprint density at radius 2 is 2.12 bits per heavy atom. The normalized spacial score (nSPS) is 10.7. The Bertz CT molecular complexity index is 400. The smallest absolute Gasteiger partial charge is 0.310 e. The van der Waals surface area contributed by atoms with Gasteiger partial charge in [-0.15, -0.1) is 0 Å². The van der Waals surface area contributed by atoms with Gasteiger partial charge in [0.1, 0.15) is 6.61 Å². The summed E-state index contributed by atoms with van der Waals surface area (Å²) in [5.41, 5.74) is 0.792. The van der Waals surface area contributed by atoms with E-state index in [0.717, 1.165) is 5.56 Å². The highest BCUT2D eigenvalue weighted by Gasteiger charge is 2.05. The van der Waals surface area contributed by atoms with Crippen LogP contribution in [0.5, 0.6) is 0 Å². The monoisotopic (exact) mass is 258 g/mol. The number of rotatable bonds is 4. The van der Waals surface area contributed by atoms with Gasteiger partial charge in [-0.25, -0.2) is 0 Å². The van der Waals surface area contributed by atoms with Gasteiger partial charge >= 0.3 is 5.97 Å². The zero-order chi connectivity index (χ0) is 12.0. The van der Waals surface area contributed by atoms with Crippen LogP contribution < -0.4 is 0 Å². The number of allylic oxidation sites excluding steroid dienone is 1. The molecule has 0 aliphatic heterocycles. The molecular weight excluding hydrogens is 247 g/mol. The van der Waals surface area contributed by atoms with E-state index < -0.39 is 0 Å². The van der Waals surface area contributed by atoms with Gasteiger partial charge in [-0.3, -0.25) is 4.79 Å². The SMILES string of the molecule is C/C=C/COC(=O)Cc1ccc(Cl)c(Cl)c1. The lowest BCUT2D eigenvalue weighted by Gasteiger charge is -2.03. The third-order valence-electron chi connectivity index (χ3n) is 1.91. The van der Waals surface area contributed by atoms with Gasteiger partial charge in [0.15, 0.2) is 0 Å². The molecule has 0 N–H and O–H groups in total. The number of carbonyl (C=O) groups excluding carboxylic acids is 1. The van der Waals surface area contributed by atoms with Gasteiger partial charge < -0.3 is 4.74 Å². The number of ether oxygens (including phenoxy) is 1. The van der Waals surface area contributed by atoms with Crippen molar-refractivity contribution < 1.29 is 9.53 Å². The van der Waals surface area contributed by atoms with E-state index in [1.807, 2.05) is 13.0 Å². The van der Waals surface area contributed by atoms with Gasteiger partial charge in [0.05, 0.1) is 16.5 Å². The summed E-state index contributed by atoms with van der Waals surface area (Å²) in [6.07, 6.45) is 3.80. The molecule has 0 radical (unpaired) electrons. The lowest BCUT2D eigenvalue weighted by Crippen LogP contribution is -2.07. The fraction of sp³-hybridized carbons (Fsp3) is 0.250. The van der Waals surface area contributed by atoms with Crippen LogP contribution in [0, 0.1) is 0 Å². The maximum atomic E-state index is 11.4. The molecule has 1 rings (SSSR count). The van der Waals surface area contributed by atoms with Gasteiger partial charge in [-0.2, -0.15) is 0 Å².